The van der Waals surface area contributed by atoms with Crippen molar-refractivity contribution in [1.82, 2.24) is 14.9 Å². The Morgan fingerprint density at radius 1 is 1.01 bits per heavy atom. The van der Waals surface area contributed by atoms with E-state index in [0.29, 0.717) is 43.1 Å². The van der Waals surface area contributed by atoms with Gasteiger partial charge in [0, 0.05) is 37.4 Å². The van der Waals surface area contributed by atoms with Gasteiger partial charge >= 0.3 is 18.2 Å². The van der Waals surface area contributed by atoms with E-state index in [4.69, 9.17) is 45.0 Å². The number of amides is 1. The van der Waals surface area contributed by atoms with Gasteiger partial charge in [-0.1, -0.05) is 41.9 Å². The number of anilines is 3. The highest BCUT2D eigenvalue weighted by molar-refractivity contribution is 6.37. The molecule has 2 saturated heterocycles. The number of pyridine rings is 2. The molecular weight excluding hydrogens is 926 g/mol. The minimum absolute atomic E-state index is 0.0161. The number of nitrogens with one attached hydrogen (secondary N) is 2. The van der Waals surface area contributed by atoms with Crippen LogP contribution >= 0.6 is 11.6 Å². The Bertz CT molecular complexity index is 2790. The standard InChI is InChI=1S/C49H48ClF4N7O8/c1-27-17-34(60(18-29-8-12-31(65-4)13-9-29)19-30-10-14-32(66-5)15-11-30)58-41(38(27)49(52,53)54)36-39(50)42-37-43(40(36)51)69-35(67-25-48-21-47(22-48,23-64-3)24-68-48)20-61(45(37)57-26-56-42)28(2)33-7-6-16-55-44(33)59-46(62)63/h6-17,20,28,56H,18-19,21-26H2,1-5H3,(H,55,59)(H,62,63). The minimum atomic E-state index is -5.03. The van der Waals surface area contributed by atoms with Gasteiger partial charge in [0.25, 0.3) is 0 Å². The molecule has 3 fully saturated rings. The number of amidine groups is 1. The number of ether oxygens (including phenoxy) is 6. The van der Waals surface area contributed by atoms with Crippen LogP contribution in [0, 0.1) is 18.2 Å². The average Bonchev–Trinajstić information content (AvgIpc) is 3.80. The second kappa shape index (κ2) is 18.6. The minimum Gasteiger partial charge on any atom is -0.497 e. The molecule has 2 bridgehead atoms. The number of halogens is 5. The monoisotopic (exact) mass is 973 g/mol. The van der Waals surface area contributed by atoms with Crippen molar-refractivity contribution in [1.29, 1.82) is 0 Å². The van der Waals surface area contributed by atoms with Crippen molar-refractivity contribution in [3.05, 3.63) is 129 Å². The lowest BCUT2D eigenvalue weighted by molar-refractivity contribution is -0.137. The van der Waals surface area contributed by atoms with E-state index in [1.54, 1.807) is 74.5 Å². The Morgan fingerprint density at radius 2 is 1.68 bits per heavy atom. The Labute approximate surface area is 399 Å². The summed E-state index contributed by atoms with van der Waals surface area (Å²) in [6.45, 7) is 4.15. The van der Waals surface area contributed by atoms with Gasteiger partial charge in [-0.05, 0) is 79.8 Å². The van der Waals surface area contributed by atoms with Crippen LogP contribution in [0.5, 0.6) is 17.2 Å². The van der Waals surface area contributed by atoms with E-state index in [1.165, 1.54) is 25.4 Å². The third-order valence-corrected chi connectivity index (χ3v) is 13.2. The van der Waals surface area contributed by atoms with Crippen LogP contribution in [0.25, 0.3) is 11.3 Å². The number of methoxy groups -OCH3 is 3. The maximum absolute atomic E-state index is 18.1. The number of alkyl halides is 3. The molecule has 1 amide bonds. The van der Waals surface area contributed by atoms with Crippen LogP contribution in [0.4, 0.5) is 39.7 Å². The number of carboxylic acid groups (broad SMARTS) is 1. The summed E-state index contributed by atoms with van der Waals surface area (Å²) in [6, 6.07) is 18.3. The predicted molar refractivity (Wildman–Crippen MR) is 248 cm³/mol. The Hall–Kier alpha value is -6.83. The van der Waals surface area contributed by atoms with Crippen LogP contribution in [0.15, 0.2) is 90.1 Å². The number of benzene rings is 3. The van der Waals surface area contributed by atoms with Crippen LogP contribution in [0.1, 0.15) is 59.2 Å². The van der Waals surface area contributed by atoms with Crippen LogP contribution < -0.4 is 29.7 Å². The number of carbonyl (C=O) groups is 1. The molecule has 5 aromatic rings. The second-order valence-electron chi connectivity index (χ2n) is 17.5. The first kappa shape index (κ1) is 47.2. The molecular formula is C49H48ClF4N7O8. The number of rotatable bonds is 16. The van der Waals surface area contributed by atoms with E-state index in [9.17, 15) is 9.90 Å². The van der Waals surface area contributed by atoms with Gasteiger partial charge in [-0.25, -0.2) is 24.1 Å². The summed E-state index contributed by atoms with van der Waals surface area (Å²) in [4.78, 5) is 28.9. The fourth-order valence-electron chi connectivity index (χ4n) is 9.71. The van der Waals surface area contributed by atoms with Gasteiger partial charge in [0.1, 0.15) is 47.8 Å². The fourth-order valence-corrected chi connectivity index (χ4v) is 10.0. The number of aromatic nitrogens is 2. The lowest BCUT2D eigenvalue weighted by Gasteiger charge is -2.43. The molecule has 1 aliphatic carbocycles. The van der Waals surface area contributed by atoms with Gasteiger partial charge < -0.3 is 48.6 Å². The number of fused-ring (bicyclic) bond motifs is 1. The summed E-state index contributed by atoms with van der Waals surface area (Å²) in [5, 5.41) is 14.6. The summed E-state index contributed by atoms with van der Waals surface area (Å²) in [6.07, 6.45) is -2.27. The fraction of sp³-hybridized carbons (Fsp3) is 0.347. The van der Waals surface area contributed by atoms with E-state index in [-0.39, 0.29) is 72.0 Å². The van der Waals surface area contributed by atoms with Crippen molar-refractivity contribution in [3.63, 3.8) is 0 Å². The summed E-state index contributed by atoms with van der Waals surface area (Å²) < 4.78 is 99.7. The van der Waals surface area contributed by atoms with Crippen molar-refractivity contribution >= 4 is 40.9 Å². The zero-order valence-corrected chi connectivity index (χ0v) is 38.9. The molecule has 0 spiro atoms. The topological polar surface area (TPSA) is 161 Å². The van der Waals surface area contributed by atoms with Crippen LogP contribution in [-0.2, 0) is 33.5 Å². The quantitative estimate of drug-likeness (QED) is 0.0802. The normalized spacial score (nSPS) is 19.4. The van der Waals surface area contributed by atoms with Crippen molar-refractivity contribution in [2.24, 2.45) is 10.4 Å². The highest BCUT2D eigenvalue weighted by Gasteiger charge is 2.63. The molecule has 1 atom stereocenters. The van der Waals surface area contributed by atoms with Crippen molar-refractivity contribution < 1.29 is 55.9 Å². The molecule has 15 nitrogen and oxygen atoms in total. The third kappa shape index (κ3) is 9.13. The summed E-state index contributed by atoms with van der Waals surface area (Å²) in [5.41, 5.74) is -1.80. The van der Waals surface area contributed by atoms with E-state index in [2.05, 4.69) is 20.6 Å². The van der Waals surface area contributed by atoms with Crippen LogP contribution in [0.3, 0.4) is 0 Å². The van der Waals surface area contributed by atoms with E-state index in [1.807, 2.05) is 24.3 Å². The molecule has 4 aliphatic heterocycles. The largest absolute Gasteiger partial charge is 0.497 e. The smallest absolute Gasteiger partial charge is 0.418 e. The molecule has 10 rings (SSSR count). The van der Waals surface area contributed by atoms with E-state index >= 15 is 17.6 Å². The first-order valence-corrected chi connectivity index (χ1v) is 22.2. The number of aryl methyl sites for hydroxylation is 1. The summed E-state index contributed by atoms with van der Waals surface area (Å²) in [5.74, 6) is -0.608. The van der Waals surface area contributed by atoms with Gasteiger partial charge in [-0.15, -0.1) is 0 Å². The first-order chi connectivity index (χ1) is 33.0. The zero-order valence-electron chi connectivity index (χ0n) is 38.2. The van der Waals surface area contributed by atoms with Crippen molar-refractivity contribution in [3.8, 4) is 28.5 Å². The maximum atomic E-state index is 18.1. The molecule has 69 heavy (non-hydrogen) atoms. The number of aliphatic imine (C=N–C) groups is 1. The highest BCUT2D eigenvalue weighted by atomic mass is 35.5. The summed E-state index contributed by atoms with van der Waals surface area (Å²) >= 11 is 7.20. The molecule has 2 aromatic heterocycles. The van der Waals surface area contributed by atoms with Gasteiger partial charge in [-0.3, -0.25) is 5.32 Å². The highest BCUT2D eigenvalue weighted by Crippen LogP contribution is 2.58. The molecule has 5 aliphatic rings. The molecule has 1 saturated carbocycles. The third-order valence-electron chi connectivity index (χ3n) is 12.8. The van der Waals surface area contributed by atoms with Gasteiger partial charge in [0.05, 0.1) is 72.8 Å². The van der Waals surface area contributed by atoms with Crippen molar-refractivity contribution in [2.75, 3.05) is 63.4 Å². The summed E-state index contributed by atoms with van der Waals surface area (Å²) in [7, 11) is 4.71. The van der Waals surface area contributed by atoms with Crippen molar-refractivity contribution in [2.45, 2.75) is 57.6 Å². The lowest BCUT2D eigenvalue weighted by atomic mass is 9.63. The van der Waals surface area contributed by atoms with Crippen LogP contribution in [0.2, 0.25) is 5.02 Å². The number of hydrogen-bond acceptors (Lipinski definition) is 13. The molecule has 6 heterocycles. The van der Waals surface area contributed by atoms with Gasteiger partial charge in [-0.2, -0.15) is 13.2 Å². The Kier molecular flexibility index (Phi) is 12.7. The predicted octanol–water partition coefficient (Wildman–Crippen LogP) is 10.2. The lowest BCUT2D eigenvalue weighted by Crippen LogP contribution is -2.49. The van der Waals surface area contributed by atoms with E-state index < -0.39 is 57.3 Å². The molecule has 20 heteroatoms. The zero-order chi connectivity index (χ0) is 48.8. The maximum Gasteiger partial charge on any atom is 0.418 e. The second-order valence-corrected chi connectivity index (χ2v) is 17.9. The Balaban J connectivity index is 1.19. The van der Waals surface area contributed by atoms with Crippen LogP contribution in [-0.4, -0.2) is 85.3 Å². The molecule has 3 aromatic carbocycles. The molecule has 0 radical (unpaired) electrons. The Morgan fingerprint density at radius 3 is 2.29 bits per heavy atom. The van der Waals surface area contributed by atoms with Gasteiger partial charge in [0.2, 0.25) is 0 Å². The SMILES string of the molecule is COCC12COC(COC3=CN(C(C)c4cccnc4NC(=O)O)C4=NCNc5c(Cl)c(-c6nc(N(Cc7ccc(OC)cc7)Cc7ccc(OC)cc7)cc(C)c6C(F)(F)F)c(F)c(c54)O3)(C1)C2. The van der Waals surface area contributed by atoms with Gasteiger partial charge in [0.15, 0.2) is 11.6 Å². The van der Waals surface area contributed by atoms with E-state index in [0.717, 1.165) is 11.1 Å². The number of nitrogens with zero attached hydrogens (tertiary/aromatic N) is 5. The molecule has 1 unspecified atom stereocenters. The number of hydrogen-bond donors (Lipinski definition) is 3. The first-order valence-electron chi connectivity index (χ1n) is 21.9. The molecule has 3 N–H and O–H groups in total. The average molecular weight is 974 g/mol. The molecule has 362 valence electrons.